The molecule has 0 amide bonds. The van der Waals surface area contributed by atoms with Gasteiger partial charge in [0.05, 0.1) is 0 Å². The lowest BCUT2D eigenvalue weighted by molar-refractivity contribution is 0.0989. The van der Waals surface area contributed by atoms with Gasteiger partial charge in [-0.15, -0.1) is 5.92 Å². The van der Waals surface area contributed by atoms with Crippen molar-refractivity contribution < 1.29 is 5.11 Å². The first-order valence-corrected chi connectivity index (χ1v) is 8.65. The molecule has 1 N–H and O–H groups in total. The summed E-state index contributed by atoms with van der Waals surface area (Å²) in [7, 11) is 0. The summed E-state index contributed by atoms with van der Waals surface area (Å²) in [6.07, 6.45) is 10.1. The van der Waals surface area contributed by atoms with Crippen LogP contribution in [-0.4, -0.2) is 10.7 Å². The summed E-state index contributed by atoms with van der Waals surface area (Å²) < 4.78 is 0. The van der Waals surface area contributed by atoms with Gasteiger partial charge in [-0.3, -0.25) is 0 Å². The summed E-state index contributed by atoms with van der Waals surface area (Å²) in [5.74, 6) is 8.43. The zero-order valence-corrected chi connectivity index (χ0v) is 14.5. The van der Waals surface area contributed by atoms with Gasteiger partial charge in [-0.05, 0) is 76.0 Å². The van der Waals surface area contributed by atoms with Crippen LogP contribution in [0.5, 0.6) is 0 Å². The second kappa shape index (κ2) is 6.17. The molecular weight excluding hydrogens is 256 g/mol. The van der Waals surface area contributed by atoms with E-state index in [1.54, 1.807) is 19.4 Å². The largest absolute Gasteiger partial charge is 0.378 e. The summed E-state index contributed by atoms with van der Waals surface area (Å²) in [5.41, 5.74) is 1.33. The van der Waals surface area contributed by atoms with Crippen molar-refractivity contribution in [3.63, 3.8) is 0 Å². The Morgan fingerprint density at radius 2 is 2.14 bits per heavy atom. The lowest BCUT2D eigenvalue weighted by Crippen LogP contribution is -2.35. The predicted molar refractivity (Wildman–Crippen MR) is 89.8 cm³/mol. The molecule has 21 heavy (non-hydrogen) atoms. The van der Waals surface area contributed by atoms with Gasteiger partial charge in [0, 0.05) is 6.42 Å². The fraction of sp³-hybridized carbons (Fsp3) is 0.800. The third-order valence-corrected chi connectivity index (χ3v) is 5.91. The highest BCUT2D eigenvalue weighted by Gasteiger charge is 2.50. The molecule has 0 bridgehead atoms. The molecule has 1 heteroatoms. The second-order valence-corrected chi connectivity index (χ2v) is 8.00. The first kappa shape index (κ1) is 16.6. The van der Waals surface area contributed by atoms with Gasteiger partial charge in [0.1, 0.15) is 5.60 Å². The molecule has 0 aromatic carbocycles. The molecule has 0 heterocycles. The van der Waals surface area contributed by atoms with E-state index >= 15 is 0 Å². The van der Waals surface area contributed by atoms with Crippen LogP contribution in [-0.2, 0) is 0 Å². The SMILES string of the molecule is C/C=C1\CCC[C@]2(C)[C@@H]([C@H](C)CC#CC(C)(C)O)CC[C@@H]12. The molecule has 0 saturated heterocycles. The molecule has 2 aliphatic carbocycles. The van der Waals surface area contributed by atoms with Gasteiger partial charge >= 0.3 is 0 Å². The van der Waals surface area contributed by atoms with E-state index in [-0.39, 0.29) is 0 Å². The van der Waals surface area contributed by atoms with Gasteiger partial charge in [-0.25, -0.2) is 0 Å². The minimum atomic E-state index is -0.856. The zero-order chi connectivity index (χ0) is 15.7. The number of allylic oxidation sites excluding steroid dienone is 2. The van der Waals surface area contributed by atoms with E-state index in [0.29, 0.717) is 11.3 Å². The van der Waals surface area contributed by atoms with Crippen molar-refractivity contribution in [2.24, 2.45) is 23.2 Å². The smallest absolute Gasteiger partial charge is 0.119 e. The van der Waals surface area contributed by atoms with Gasteiger partial charge in [0.15, 0.2) is 0 Å². The lowest BCUT2D eigenvalue weighted by atomic mass is 9.61. The maximum atomic E-state index is 9.72. The molecule has 0 unspecified atom stereocenters. The van der Waals surface area contributed by atoms with E-state index in [1.165, 1.54) is 32.1 Å². The number of fused-ring (bicyclic) bond motifs is 1. The molecule has 0 radical (unpaired) electrons. The molecule has 0 spiro atoms. The van der Waals surface area contributed by atoms with Crippen molar-refractivity contribution >= 4 is 0 Å². The highest BCUT2D eigenvalue weighted by atomic mass is 16.3. The van der Waals surface area contributed by atoms with Crippen LogP contribution in [0.3, 0.4) is 0 Å². The van der Waals surface area contributed by atoms with Gasteiger partial charge in [0.25, 0.3) is 0 Å². The van der Waals surface area contributed by atoms with Gasteiger partial charge in [0.2, 0.25) is 0 Å². The van der Waals surface area contributed by atoms with Crippen LogP contribution in [0.25, 0.3) is 0 Å². The van der Waals surface area contributed by atoms with Crippen molar-refractivity contribution in [2.45, 2.75) is 78.7 Å². The van der Waals surface area contributed by atoms with E-state index < -0.39 is 5.60 Å². The van der Waals surface area contributed by atoms with E-state index in [1.807, 2.05) is 0 Å². The average Bonchev–Trinajstić information content (AvgIpc) is 2.73. The third kappa shape index (κ3) is 3.54. The minimum Gasteiger partial charge on any atom is -0.378 e. The Morgan fingerprint density at radius 1 is 1.43 bits per heavy atom. The van der Waals surface area contributed by atoms with Gasteiger partial charge in [-0.2, -0.15) is 0 Å². The molecule has 2 fully saturated rings. The van der Waals surface area contributed by atoms with Crippen LogP contribution in [0.4, 0.5) is 0 Å². The standard InChI is InChI=1S/C20H32O/c1-6-16-10-8-14-20(5)17(11-12-18(16)20)15(2)9-7-13-19(3,4)21/h6,15,17-18,21H,8-12,14H2,1-5H3/b16-6+/t15-,17-,18+,20-/m1/s1. The Morgan fingerprint density at radius 3 is 2.76 bits per heavy atom. The first-order valence-electron chi connectivity index (χ1n) is 8.65. The Hall–Kier alpha value is -0.740. The lowest BCUT2D eigenvalue weighted by Gasteiger charge is -2.44. The maximum absolute atomic E-state index is 9.72. The van der Waals surface area contributed by atoms with Crippen molar-refractivity contribution in [2.75, 3.05) is 0 Å². The van der Waals surface area contributed by atoms with Crippen LogP contribution in [0.2, 0.25) is 0 Å². The van der Waals surface area contributed by atoms with Crippen molar-refractivity contribution in [3.05, 3.63) is 11.6 Å². The second-order valence-electron chi connectivity index (χ2n) is 8.00. The fourth-order valence-corrected chi connectivity index (χ4v) is 4.93. The molecule has 2 aliphatic rings. The molecule has 4 atom stereocenters. The summed E-state index contributed by atoms with van der Waals surface area (Å²) in [6, 6.07) is 0. The Labute approximate surface area is 131 Å². The van der Waals surface area contributed by atoms with E-state index in [0.717, 1.165) is 18.3 Å². The molecular formula is C20H32O. The van der Waals surface area contributed by atoms with E-state index in [2.05, 4.69) is 38.7 Å². The molecule has 0 aromatic heterocycles. The van der Waals surface area contributed by atoms with Crippen molar-refractivity contribution in [3.8, 4) is 11.8 Å². The Balaban J connectivity index is 2.08. The minimum absolute atomic E-state index is 0.482. The summed E-state index contributed by atoms with van der Waals surface area (Å²) >= 11 is 0. The average molecular weight is 288 g/mol. The number of aliphatic hydroxyl groups is 1. The quantitative estimate of drug-likeness (QED) is 0.563. The van der Waals surface area contributed by atoms with Crippen molar-refractivity contribution in [1.29, 1.82) is 0 Å². The van der Waals surface area contributed by atoms with E-state index in [9.17, 15) is 5.11 Å². The maximum Gasteiger partial charge on any atom is 0.119 e. The Bertz CT molecular complexity index is 456. The van der Waals surface area contributed by atoms with Crippen LogP contribution >= 0.6 is 0 Å². The van der Waals surface area contributed by atoms with Crippen LogP contribution < -0.4 is 0 Å². The van der Waals surface area contributed by atoms with Crippen molar-refractivity contribution in [1.82, 2.24) is 0 Å². The van der Waals surface area contributed by atoms with Crippen LogP contribution in [0.15, 0.2) is 11.6 Å². The molecule has 1 nitrogen and oxygen atoms in total. The zero-order valence-electron chi connectivity index (χ0n) is 14.5. The topological polar surface area (TPSA) is 20.2 Å². The van der Waals surface area contributed by atoms with Crippen LogP contribution in [0, 0.1) is 35.0 Å². The summed E-state index contributed by atoms with van der Waals surface area (Å²) in [6.45, 7) is 10.6. The monoisotopic (exact) mass is 288 g/mol. The summed E-state index contributed by atoms with van der Waals surface area (Å²) in [5, 5.41) is 9.72. The highest BCUT2D eigenvalue weighted by molar-refractivity contribution is 5.18. The number of rotatable bonds is 2. The van der Waals surface area contributed by atoms with Gasteiger partial charge < -0.3 is 5.11 Å². The fourth-order valence-electron chi connectivity index (χ4n) is 4.93. The molecule has 2 rings (SSSR count). The molecule has 2 saturated carbocycles. The highest BCUT2D eigenvalue weighted by Crippen LogP contribution is 2.59. The summed E-state index contributed by atoms with van der Waals surface area (Å²) in [4.78, 5) is 0. The predicted octanol–water partition coefficient (Wildman–Crippen LogP) is 4.95. The molecule has 0 aliphatic heterocycles. The number of hydrogen-bond acceptors (Lipinski definition) is 1. The molecule has 0 aromatic rings. The normalized spacial score (nSPS) is 36.0. The Kier molecular flexibility index (Phi) is 4.89. The third-order valence-electron chi connectivity index (χ3n) is 5.91. The number of hydrogen-bond donors (Lipinski definition) is 1. The first-order chi connectivity index (χ1) is 9.78. The van der Waals surface area contributed by atoms with Crippen LogP contribution in [0.1, 0.15) is 73.1 Å². The molecule has 118 valence electrons. The van der Waals surface area contributed by atoms with E-state index in [4.69, 9.17) is 0 Å². The van der Waals surface area contributed by atoms with Gasteiger partial charge in [-0.1, -0.05) is 31.4 Å².